The van der Waals surface area contributed by atoms with Crippen molar-refractivity contribution < 1.29 is 9.84 Å². The Bertz CT molecular complexity index is 720. The van der Waals surface area contributed by atoms with Crippen LogP contribution in [-0.2, 0) is 6.54 Å². The molecule has 0 radical (unpaired) electrons. The Balaban J connectivity index is 3.12. The van der Waals surface area contributed by atoms with Gasteiger partial charge in [-0.05, 0) is 28.4 Å². The zero-order chi connectivity index (χ0) is 20.9. The lowest BCUT2D eigenvalue weighted by Crippen LogP contribution is -2.37. The number of aliphatic imine (C=N–C) groups is 1. The Morgan fingerprint density at radius 3 is 2.86 bits per heavy atom. The third kappa shape index (κ3) is 9.01. The largest absolute Gasteiger partial charge is 0.619 e. The highest BCUT2D eigenvalue weighted by molar-refractivity contribution is 9.12. The first-order chi connectivity index (χ1) is 13.4. The number of hydrazone groups is 1. The zero-order valence-corrected chi connectivity index (χ0v) is 18.2. The molecule has 28 heavy (non-hydrogen) atoms. The summed E-state index contributed by atoms with van der Waals surface area (Å²) in [5.41, 5.74) is 0.781. The summed E-state index contributed by atoms with van der Waals surface area (Å²) in [4.78, 5) is 4.59. The number of nitrogens with zero attached hydrogens (tertiary/aromatic N) is 4. The molecule has 0 aliphatic carbocycles. The lowest BCUT2D eigenvalue weighted by molar-refractivity contribution is -0.605. The number of rotatable bonds is 11. The van der Waals surface area contributed by atoms with Gasteiger partial charge in [-0.15, -0.1) is 0 Å². The number of pyridine rings is 1. The monoisotopic (exact) mass is 452 g/mol. The topological polar surface area (TPSA) is 99.2 Å². The average Bonchev–Trinajstić information content (AvgIpc) is 2.67. The standard InChI is InChI=1S/C19H29BrN6O2/c1-5-7-17(14-27)24-18(21-3)10-19(25(4)23-11-15(2)20)22-12-16-8-6-9-26(28)13-16/h6,8-11,13,17,21,24,27H,2,5,7,12,14H2,1,3-4H3/b18-10?,22-19?,23-11-/t17-/m1/s1. The highest BCUT2D eigenvalue weighted by atomic mass is 79.9. The minimum absolute atomic E-state index is 0.0320. The first-order valence-corrected chi connectivity index (χ1v) is 9.80. The van der Waals surface area contributed by atoms with Crippen molar-refractivity contribution in [2.24, 2.45) is 10.1 Å². The molecule has 9 heteroatoms. The van der Waals surface area contributed by atoms with Crippen molar-refractivity contribution in [1.29, 1.82) is 0 Å². The van der Waals surface area contributed by atoms with Gasteiger partial charge in [0.15, 0.2) is 12.4 Å². The normalized spacial score (nSPS) is 13.5. The number of hydrogen-bond donors (Lipinski definition) is 3. The van der Waals surface area contributed by atoms with Crippen LogP contribution in [0.5, 0.6) is 0 Å². The van der Waals surface area contributed by atoms with Gasteiger partial charge < -0.3 is 20.9 Å². The number of aliphatic hydroxyl groups excluding tert-OH is 1. The molecule has 0 aromatic carbocycles. The van der Waals surface area contributed by atoms with Crippen LogP contribution in [0.3, 0.4) is 0 Å². The fraction of sp³-hybridized carbons (Fsp3) is 0.421. The summed E-state index contributed by atoms with van der Waals surface area (Å²) in [7, 11) is 3.56. The molecule has 8 nitrogen and oxygen atoms in total. The second kappa shape index (κ2) is 12.9. The van der Waals surface area contributed by atoms with Crippen LogP contribution in [0.2, 0.25) is 0 Å². The Morgan fingerprint density at radius 1 is 1.54 bits per heavy atom. The van der Waals surface area contributed by atoms with Crippen molar-refractivity contribution in [3.63, 3.8) is 0 Å². The van der Waals surface area contributed by atoms with Crippen LogP contribution in [0.1, 0.15) is 25.3 Å². The van der Waals surface area contributed by atoms with Gasteiger partial charge in [-0.1, -0.05) is 19.9 Å². The molecule has 0 saturated heterocycles. The number of allylic oxidation sites excluding steroid dienone is 1. The van der Waals surface area contributed by atoms with Gasteiger partial charge in [-0.3, -0.25) is 10.0 Å². The molecule has 0 unspecified atom stereocenters. The second-order valence-electron chi connectivity index (χ2n) is 6.08. The van der Waals surface area contributed by atoms with Crippen molar-refractivity contribution in [1.82, 2.24) is 15.6 Å². The van der Waals surface area contributed by atoms with Gasteiger partial charge >= 0.3 is 0 Å². The lowest BCUT2D eigenvalue weighted by atomic mass is 10.2. The minimum Gasteiger partial charge on any atom is -0.619 e. The maximum Gasteiger partial charge on any atom is 0.185 e. The van der Waals surface area contributed by atoms with Crippen molar-refractivity contribution >= 4 is 28.0 Å². The van der Waals surface area contributed by atoms with Gasteiger partial charge in [0.05, 0.1) is 25.4 Å². The summed E-state index contributed by atoms with van der Waals surface area (Å²) in [6.07, 6.45) is 8.08. The molecule has 0 amide bonds. The number of aromatic nitrogens is 1. The molecular weight excluding hydrogens is 424 g/mol. The van der Waals surface area contributed by atoms with Crippen LogP contribution in [0.25, 0.3) is 0 Å². The molecule has 0 saturated carbocycles. The summed E-state index contributed by atoms with van der Waals surface area (Å²) in [6.45, 7) is 6.15. The quantitative estimate of drug-likeness (QED) is 0.156. The molecule has 0 aliphatic heterocycles. The predicted molar refractivity (Wildman–Crippen MR) is 117 cm³/mol. The Hall–Kier alpha value is -2.39. The molecule has 1 rings (SSSR count). The van der Waals surface area contributed by atoms with Gasteiger partial charge in [0.2, 0.25) is 0 Å². The number of halogens is 1. The molecule has 0 aliphatic rings. The van der Waals surface area contributed by atoms with E-state index in [1.165, 1.54) is 12.4 Å². The molecule has 0 bridgehead atoms. The van der Waals surface area contributed by atoms with E-state index < -0.39 is 0 Å². The van der Waals surface area contributed by atoms with Gasteiger partial charge in [0.25, 0.3) is 0 Å². The molecule has 0 fully saturated rings. The minimum atomic E-state index is -0.0605. The zero-order valence-electron chi connectivity index (χ0n) is 16.6. The van der Waals surface area contributed by atoms with Crippen molar-refractivity contribution in [2.75, 3.05) is 20.7 Å². The third-order valence-electron chi connectivity index (χ3n) is 3.72. The maximum atomic E-state index is 11.4. The van der Waals surface area contributed by atoms with Gasteiger partial charge in [0, 0.05) is 36.3 Å². The number of amidine groups is 1. The van der Waals surface area contributed by atoms with E-state index in [0.717, 1.165) is 23.1 Å². The molecule has 1 aromatic heterocycles. The summed E-state index contributed by atoms with van der Waals surface area (Å²) < 4.78 is 1.38. The van der Waals surface area contributed by atoms with E-state index in [0.29, 0.717) is 22.7 Å². The number of hydrogen-bond acceptors (Lipinski definition) is 6. The van der Waals surface area contributed by atoms with Crippen molar-refractivity contribution in [2.45, 2.75) is 32.4 Å². The summed E-state index contributed by atoms with van der Waals surface area (Å²) in [5.74, 6) is 1.27. The molecule has 3 N–H and O–H groups in total. The van der Waals surface area contributed by atoms with Gasteiger partial charge in [0.1, 0.15) is 11.7 Å². The lowest BCUT2D eigenvalue weighted by Gasteiger charge is -2.21. The highest BCUT2D eigenvalue weighted by Gasteiger charge is 2.10. The predicted octanol–water partition coefficient (Wildman–Crippen LogP) is 1.86. The first-order valence-electron chi connectivity index (χ1n) is 9.00. The van der Waals surface area contributed by atoms with E-state index in [-0.39, 0.29) is 12.6 Å². The smallest absolute Gasteiger partial charge is 0.185 e. The van der Waals surface area contributed by atoms with E-state index >= 15 is 0 Å². The van der Waals surface area contributed by atoms with Crippen molar-refractivity contribution in [3.8, 4) is 0 Å². The second-order valence-corrected chi connectivity index (χ2v) is 7.10. The van der Waals surface area contributed by atoms with Gasteiger partial charge in [-0.2, -0.15) is 9.83 Å². The Kier molecular flexibility index (Phi) is 10.9. The van der Waals surface area contributed by atoms with Crippen LogP contribution in [-0.4, -0.2) is 48.9 Å². The highest BCUT2D eigenvalue weighted by Crippen LogP contribution is 2.04. The van der Waals surface area contributed by atoms with Crippen LogP contribution < -0.4 is 15.4 Å². The Labute approximate surface area is 175 Å². The fourth-order valence-electron chi connectivity index (χ4n) is 2.31. The van der Waals surface area contributed by atoms with E-state index in [1.54, 1.807) is 37.5 Å². The molecular formula is C19H29BrN6O2. The maximum absolute atomic E-state index is 11.4. The molecule has 1 atom stereocenters. The molecule has 1 heterocycles. The van der Waals surface area contributed by atoms with E-state index in [9.17, 15) is 10.3 Å². The summed E-state index contributed by atoms with van der Waals surface area (Å²) in [5, 5.41) is 33.2. The molecule has 1 aromatic rings. The number of nitrogens with one attached hydrogen (secondary N) is 2. The average molecular weight is 453 g/mol. The van der Waals surface area contributed by atoms with E-state index in [1.807, 2.05) is 6.07 Å². The van der Waals surface area contributed by atoms with Gasteiger partial charge in [-0.25, -0.2) is 0 Å². The first kappa shape index (κ1) is 23.6. The van der Waals surface area contributed by atoms with Crippen LogP contribution in [0.15, 0.2) is 57.6 Å². The van der Waals surface area contributed by atoms with E-state index in [4.69, 9.17) is 0 Å². The summed E-state index contributed by atoms with van der Waals surface area (Å²) >= 11 is 3.24. The summed E-state index contributed by atoms with van der Waals surface area (Å²) in [6, 6.07) is 3.46. The van der Waals surface area contributed by atoms with Crippen LogP contribution in [0, 0.1) is 5.21 Å². The molecule has 0 spiro atoms. The number of likely N-dealkylation sites (N-methyl/N-ethyl adjacent to an activating group) is 1. The van der Waals surface area contributed by atoms with E-state index in [2.05, 4.69) is 50.2 Å². The number of aliphatic hydroxyl groups is 1. The fourth-order valence-corrected chi connectivity index (χ4v) is 2.40. The molecule has 154 valence electrons. The SMILES string of the molecule is C=C(Br)/C=N\N(C)C(C=C(NC)N[C@@H](CO)CCC)=NCc1ccc[n+]([O-])c1. The van der Waals surface area contributed by atoms with Crippen molar-refractivity contribution in [3.05, 3.63) is 58.3 Å². The van der Waals surface area contributed by atoms with Crippen LogP contribution in [0.4, 0.5) is 0 Å². The van der Waals surface area contributed by atoms with Crippen LogP contribution >= 0.6 is 15.9 Å². The Morgan fingerprint density at radius 2 is 2.29 bits per heavy atom. The third-order valence-corrected chi connectivity index (χ3v) is 3.93.